The standard InChI is InChI=1S/C10H12BrNO3S/c11-9-6-7-10(15-9)16(13,14)12-8-4-2-1-3-5-8/h2,4,6-8,12H,1,3,5H2. The van der Waals surface area contributed by atoms with E-state index in [0.717, 1.165) is 19.3 Å². The summed E-state index contributed by atoms with van der Waals surface area (Å²) < 4.78 is 31.7. The van der Waals surface area contributed by atoms with E-state index in [9.17, 15) is 8.42 Å². The van der Waals surface area contributed by atoms with Crippen LogP contribution in [0.3, 0.4) is 0 Å². The first-order valence-electron chi connectivity index (χ1n) is 5.02. The van der Waals surface area contributed by atoms with Crippen LogP contribution in [-0.4, -0.2) is 14.5 Å². The fourth-order valence-electron chi connectivity index (χ4n) is 1.61. The second kappa shape index (κ2) is 4.73. The average molecular weight is 306 g/mol. The number of nitrogens with one attached hydrogen (secondary N) is 1. The van der Waals surface area contributed by atoms with Gasteiger partial charge < -0.3 is 4.42 Å². The fourth-order valence-corrected chi connectivity index (χ4v) is 3.18. The maximum atomic E-state index is 11.9. The second-order valence-electron chi connectivity index (χ2n) is 3.65. The van der Waals surface area contributed by atoms with Crippen LogP contribution in [0.1, 0.15) is 19.3 Å². The zero-order chi connectivity index (χ0) is 11.6. The molecule has 0 radical (unpaired) electrons. The Bertz CT molecular complexity index is 492. The normalized spacial score (nSPS) is 21.2. The summed E-state index contributed by atoms with van der Waals surface area (Å²) >= 11 is 3.08. The number of hydrogen-bond donors (Lipinski definition) is 1. The van der Waals surface area contributed by atoms with Crippen LogP contribution in [-0.2, 0) is 10.0 Å². The SMILES string of the molecule is O=S(=O)(NC1C=CCCC1)c1ccc(Br)o1. The minimum atomic E-state index is -3.54. The third-order valence-electron chi connectivity index (χ3n) is 2.37. The van der Waals surface area contributed by atoms with Crippen molar-refractivity contribution >= 4 is 26.0 Å². The fraction of sp³-hybridized carbons (Fsp3) is 0.400. The molecule has 0 saturated carbocycles. The largest absolute Gasteiger partial charge is 0.437 e. The molecule has 1 aromatic rings. The first-order valence-corrected chi connectivity index (χ1v) is 7.30. The van der Waals surface area contributed by atoms with Crippen molar-refractivity contribution < 1.29 is 12.8 Å². The molecule has 16 heavy (non-hydrogen) atoms. The Morgan fingerprint density at radius 2 is 2.25 bits per heavy atom. The van der Waals surface area contributed by atoms with Crippen molar-refractivity contribution in [3.05, 3.63) is 29.0 Å². The van der Waals surface area contributed by atoms with E-state index in [0.29, 0.717) is 4.67 Å². The van der Waals surface area contributed by atoms with E-state index in [1.165, 1.54) is 6.07 Å². The summed E-state index contributed by atoms with van der Waals surface area (Å²) in [6.45, 7) is 0. The monoisotopic (exact) mass is 305 g/mol. The van der Waals surface area contributed by atoms with Gasteiger partial charge in [0, 0.05) is 6.04 Å². The first kappa shape index (κ1) is 11.9. The molecule has 0 spiro atoms. The molecule has 0 aliphatic heterocycles. The maximum Gasteiger partial charge on any atom is 0.274 e. The number of halogens is 1. The molecule has 0 fully saturated rings. The highest BCUT2D eigenvalue weighted by molar-refractivity contribution is 9.10. The Kier molecular flexibility index (Phi) is 3.51. The molecule has 0 amide bonds. The predicted molar refractivity (Wildman–Crippen MR) is 63.5 cm³/mol. The van der Waals surface area contributed by atoms with Crippen LogP contribution in [0.4, 0.5) is 0 Å². The zero-order valence-corrected chi connectivity index (χ0v) is 10.9. The third kappa shape index (κ3) is 2.75. The number of allylic oxidation sites excluding steroid dienone is 1. The Hall–Kier alpha value is -0.590. The van der Waals surface area contributed by atoms with Crippen molar-refractivity contribution in [2.45, 2.75) is 30.4 Å². The molecule has 0 bridgehead atoms. The Labute approximate surface area is 103 Å². The Balaban J connectivity index is 2.14. The van der Waals surface area contributed by atoms with E-state index >= 15 is 0 Å². The molecule has 6 heteroatoms. The van der Waals surface area contributed by atoms with E-state index in [1.54, 1.807) is 6.07 Å². The van der Waals surface area contributed by atoms with Gasteiger partial charge in [0.25, 0.3) is 10.0 Å². The molecule has 0 saturated heterocycles. The van der Waals surface area contributed by atoms with Crippen molar-refractivity contribution in [1.82, 2.24) is 4.72 Å². The van der Waals surface area contributed by atoms with E-state index in [2.05, 4.69) is 20.7 Å². The molecule has 1 aromatic heterocycles. The van der Waals surface area contributed by atoms with E-state index in [-0.39, 0.29) is 11.1 Å². The van der Waals surface area contributed by atoms with Crippen molar-refractivity contribution in [2.75, 3.05) is 0 Å². The van der Waals surface area contributed by atoms with Gasteiger partial charge in [-0.25, -0.2) is 13.1 Å². The average Bonchev–Trinajstić information content (AvgIpc) is 2.66. The lowest BCUT2D eigenvalue weighted by atomic mass is 10.0. The molecular formula is C10H12BrNO3S. The molecule has 88 valence electrons. The van der Waals surface area contributed by atoms with E-state index in [4.69, 9.17) is 4.42 Å². The minimum Gasteiger partial charge on any atom is -0.437 e. The van der Waals surface area contributed by atoms with Crippen LogP contribution >= 0.6 is 15.9 Å². The number of sulfonamides is 1. The van der Waals surface area contributed by atoms with Crippen LogP contribution in [0.15, 0.2) is 38.5 Å². The van der Waals surface area contributed by atoms with Crippen molar-refractivity contribution in [1.29, 1.82) is 0 Å². The lowest BCUT2D eigenvalue weighted by molar-refractivity contribution is 0.425. The molecule has 2 rings (SSSR count). The highest BCUT2D eigenvalue weighted by Gasteiger charge is 2.22. The van der Waals surface area contributed by atoms with Gasteiger partial charge in [0.05, 0.1) is 0 Å². The highest BCUT2D eigenvalue weighted by Crippen LogP contribution is 2.20. The molecule has 1 heterocycles. The van der Waals surface area contributed by atoms with Crippen LogP contribution in [0.25, 0.3) is 0 Å². The van der Waals surface area contributed by atoms with E-state index < -0.39 is 10.0 Å². The summed E-state index contributed by atoms with van der Waals surface area (Å²) in [4.78, 5) is 0. The summed E-state index contributed by atoms with van der Waals surface area (Å²) in [6.07, 6.45) is 6.74. The summed E-state index contributed by atoms with van der Waals surface area (Å²) in [7, 11) is -3.54. The first-order chi connectivity index (χ1) is 7.58. The lowest BCUT2D eigenvalue weighted by Crippen LogP contribution is -2.34. The molecular weight excluding hydrogens is 294 g/mol. The summed E-state index contributed by atoms with van der Waals surface area (Å²) in [6, 6.07) is 2.87. The molecule has 1 unspecified atom stereocenters. The highest BCUT2D eigenvalue weighted by atomic mass is 79.9. The van der Waals surface area contributed by atoms with E-state index in [1.807, 2.05) is 12.2 Å². The molecule has 1 aliphatic rings. The quantitative estimate of drug-likeness (QED) is 0.873. The van der Waals surface area contributed by atoms with Crippen molar-refractivity contribution in [3.63, 3.8) is 0 Å². The van der Waals surface area contributed by atoms with Gasteiger partial charge in [-0.05, 0) is 47.3 Å². The Morgan fingerprint density at radius 3 is 2.81 bits per heavy atom. The second-order valence-corrected chi connectivity index (χ2v) is 6.07. The number of rotatable bonds is 3. The maximum absolute atomic E-state index is 11.9. The van der Waals surface area contributed by atoms with Crippen molar-refractivity contribution in [3.8, 4) is 0 Å². The van der Waals surface area contributed by atoms with Crippen LogP contribution < -0.4 is 4.72 Å². The van der Waals surface area contributed by atoms with Crippen LogP contribution in [0.2, 0.25) is 0 Å². The molecule has 1 atom stereocenters. The number of hydrogen-bond acceptors (Lipinski definition) is 3. The topological polar surface area (TPSA) is 59.3 Å². The third-order valence-corrected chi connectivity index (χ3v) is 4.16. The van der Waals surface area contributed by atoms with Gasteiger partial charge >= 0.3 is 0 Å². The lowest BCUT2D eigenvalue weighted by Gasteiger charge is -2.16. The van der Waals surface area contributed by atoms with Crippen LogP contribution in [0, 0.1) is 0 Å². The molecule has 1 N–H and O–H groups in total. The van der Waals surface area contributed by atoms with Crippen molar-refractivity contribution in [2.24, 2.45) is 0 Å². The summed E-state index contributed by atoms with van der Waals surface area (Å²) in [5.74, 6) is 0. The van der Waals surface area contributed by atoms with Gasteiger partial charge in [-0.3, -0.25) is 0 Å². The van der Waals surface area contributed by atoms with Gasteiger partial charge in [-0.1, -0.05) is 12.2 Å². The van der Waals surface area contributed by atoms with Gasteiger partial charge in [0.2, 0.25) is 5.09 Å². The van der Waals surface area contributed by atoms with Gasteiger partial charge in [0.1, 0.15) is 0 Å². The minimum absolute atomic E-state index is 0.0571. The Morgan fingerprint density at radius 1 is 1.44 bits per heavy atom. The zero-order valence-electron chi connectivity index (χ0n) is 8.52. The molecule has 0 aromatic carbocycles. The summed E-state index contributed by atoms with van der Waals surface area (Å²) in [5.41, 5.74) is 0. The smallest absolute Gasteiger partial charge is 0.274 e. The van der Waals surface area contributed by atoms with Gasteiger partial charge in [-0.15, -0.1) is 0 Å². The predicted octanol–water partition coefficient (Wildman–Crippen LogP) is 2.43. The molecule has 4 nitrogen and oxygen atoms in total. The molecule has 1 aliphatic carbocycles. The van der Waals surface area contributed by atoms with Gasteiger partial charge in [0.15, 0.2) is 4.67 Å². The van der Waals surface area contributed by atoms with Crippen LogP contribution in [0.5, 0.6) is 0 Å². The van der Waals surface area contributed by atoms with Gasteiger partial charge in [-0.2, -0.15) is 0 Å². The number of furan rings is 1. The summed E-state index contributed by atoms with van der Waals surface area (Å²) in [5, 5.41) is -0.0571.